The van der Waals surface area contributed by atoms with Crippen LogP contribution in [0.25, 0.3) is 0 Å². The predicted molar refractivity (Wildman–Crippen MR) is 87.9 cm³/mol. The SMILES string of the molecule is COC(=O)C(CCCNC(=O)OCc1ccccc1)NC(C)C. The molecule has 0 fully saturated rings. The van der Waals surface area contributed by atoms with Gasteiger partial charge < -0.3 is 20.1 Å². The smallest absolute Gasteiger partial charge is 0.407 e. The first-order valence-corrected chi connectivity index (χ1v) is 7.81. The van der Waals surface area contributed by atoms with Gasteiger partial charge in [-0.3, -0.25) is 4.79 Å². The van der Waals surface area contributed by atoms with Gasteiger partial charge >= 0.3 is 12.1 Å². The molecule has 6 nitrogen and oxygen atoms in total. The first-order chi connectivity index (χ1) is 11.0. The molecule has 1 rings (SSSR count). The second-order valence-corrected chi connectivity index (χ2v) is 5.53. The quantitative estimate of drug-likeness (QED) is 0.538. The van der Waals surface area contributed by atoms with Gasteiger partial charge in [-0.05, 0) is 18.4 Å². The summed E-state index contributed by atoms with van der Waals surface area (Å²) in [7, 11) is 1.37. The number of hydrogen-bond donors (Lipinski definition) is 2. The number of methoxy groups -OCH3 is 1. The van der Waals surface area contributed by atoms with Crippen LogP contribution in [0.3, 0.4) is 0 Å². The van der Waals surface area contributed by atoms with E-state index < -0.39 is 6.09 Å². The Morgan fingerprint density at radius 3 is 2.48 bits per heavy atom. The fourth-order valence-corrected chi connectivity index (χ4v) is 2.08. The maximum atomic E-state index is 11.6. The summed E-state index contributed by atoms with van der Waals surface area (Å²) < 4.78 is 9.88. The number of hydrogen-bond acceptors (Lipinski definition) is 5. The second kappa shape index (κ2) is 10.6. The van der Waals surface area contributed by atoms with Gasteiger partial charge in [0.25, 0.3) is 0 Å². The fraction of sp³-hybridized carbons (Fsp3) is 0.529. The molecule has 0 radical (unpaired) electrons. The van der Waals surface area contributed by atoms with Gasteiger partial charge in [-0.1, -0.05) is 44.2 Å². The maximum absolute atomic E-state index is 11.6. The summed E-state index contributed by atoms with van der Waals surface area (Å²) in [5, 5.41) is 5.82. The molecule has 128 valence electrons. The van der Waals surface area contributed by atoms with Crippen LogP contribution in [0.15, 0.2) is 30.3 Å². The van der Waals surface area contributed by atoms with E-state index in [2.05, 4.69) is 10.6 Å². The van der Waals surface area contributed by atoms with Gasteiger partial charge in [-0.2, -0.15) is 0 Å². The highest BCUT2D eigenvalue weighted by Gasteiger charge is 2.19. The third-order valence-corrected chi connectivity index (χ3v) is 3.17. The van der Waals surface area contributed by atoms with Gasteiger partial charge in [-0.25, -0.2) is 4.79 Å². The normalized spacial score (nSPS) is 11.8. The summed E-state index contributed by atoms with van der Waals surface area (Å²) in [5.41, 5.74) is 0.939. The van der Waals surface area contributed by atoms with Gasteiger partial charge in [0.1, 0.15) is 12.6 Å². The molecule has 0 saturated heterocycles. The van der Waals surface area contributed by atoms with Crippen molar-refractivity contribution in [1.29, 1.82) is 0 Å². The molecule has 0 bridgehead atoms. The van der Waals surface area contributed by atoms with Gasteiger partial charge in [-0.15, -0.1) is 0 Å². The molecular formula is C17H26N2O4. The second-order valence-electron chi connectivity index (χ2n) is 5.53. The molecule has 0 spiro atoms. The Bertz CT molecular complexity index is 477. The zero-order valence-electron chi connectivity index (χ0n) is 14.0. The number of alkyl carbamates (subject to hydrolysis) is 1. The van der Waals surface area contributed by atoms with Gasteiger partial charge in [0, 0.05) is 12.6 Å². The molecule has 2 N–H and O–H groups in total. The molecule has 0 saturated carbocycles. The monoisotopic (exact) mass is 322 g/mol. The third kappa shape index (κ3) is 8.21. The molecule has 0 aliphatic carbocycles. The number of carbonyl (C=O) groups excluding carboxylic acids is 2. The van der Waals surface area contributed by atoms with Crippen molar-refractivity contribution in [1.82, 2.24) is 10.6 Å². The number of nitrogens with one attached hydrogen (secondary N) is 2. The molecule has 0 aliphatic rings. The molecule has 23 heavy (non-hydrogen) atoms. The standard InChI is InChI=1S/C17H26N2O4/c1-13(2)19-15(16(20)22-3)10-7-11-18-17(21)23-12-14-8-5-4-6-9-14/h4-6,8-9,13,15,19H,7,10-12H2,1-3H3,(H,18,21). The van der Waals surface area contributed by atoms with E-state index in [0.29, 0.717) is 19.4 Å². The zero-order chi connectivity index (χ0) is 17.1. The highest BCUT2D eigenvalue weighted by Crippen LogP contribution is 2.02. The van der Waals surface area contributed by atoms with Crippen LogP contribution in [0.1, 0.15) is 32.3 Å². The molecule has 1 aromatic rings. The lowest BCUT2D eigenvalue weighted by molar-refractivity contribution is -0.143. The molecule has 6 heteroatoms. The minimum Gasteiger partial charge on any atom is -0.468 e. The van der Waals surface area contributed by atoms with Crippen molar-refractivity contribution in [3.63, 3.8) is 0 Å². The zero-order valence-corrected chi connectivity index (χ0v) is 14.0. The van der Waals surface area contributed by atoms with Crippen LogP contribution in [-0.2, 0) is 20.9 Å². The highest BCUT2D eigenvalue weighted by atomic mass is 16.5. The lowest BCUT2D eigenvalue weighted by Crippen LogP contribution is -2.42. The predicted octanol–water partition coefficient (Wildman–Crippen LogP) is 2.23. The van der Waals surface area contributed by atoms with Crippen LogP contribution in [0, 0.1) is 0 Å². The fourth-order valence-electron chi connectivity index (χ4n) is 2.08. The van der Waals surface area contributed by atoms with Crippen LogP contribution in [0.5, 0.6) is 0 Å². The van der Waals surface area contributed by atoms with Crippen LogP contribution in [-0.4, -0.2) is 37.8 Å². The largest absolute Gasteiger partial charge is 0.468 e. The molecule has 1 unspecified atom stereocenters. The van der Waals surface area contributed by atoms with E-state index >= 15 is 0 Å². The van der Waals surface area contributed by atoms with Crippen molar-refractivity contribution in [2.75, 3.05) is 13.7 Å². The van der Waals surface area contributed by atoms with Crippen molar-refractivity contribution in [3.05, 3.63) is 35.9 Å². The van der Waals surface area contributed by atoms with E-state index in [9.17, 15) is 9.59 Å². The average molecular weight is 322 g/mol. The van der Waals surface area contributed by atoms with Crippen molar-refractivity contribution >= 4 is 12.1 Å². The number of ether oxygens (including phenoxy) is 2. The Labute approximate surface area is 137 Å². The number of esters is 1. The molecular weight excluding hydrogens is 296 g/mol. The van der Waals surface area contributed by atoms with E-state index in [0.717, 1.165) is 5.56 Å². The maximum Gasteiger partial charge on any atom is 0.407 e. The number of carbonyl (C=O) groups is 2. The topological polar surface area (TPSA) is 76.7 Å². The third-order valence-electron chi connectivity index (χ3n) is 3.17. The summed E-state index contributed by atoms with van der Waals surface area (Å²) in [4.78, 5) is 23.2. The Morgan fingerprint density at radius 2 is 1.87 bits per heavy atom. The molecule has 0 aromatic heterocycles. The summed E-state index contributed by atoms with van der Waals surface area (Å²) in [5.74, 6) is -0.287. The molecule has 1 amide bonds. The van der Waals surface area contributed by atoms with E-state index in [1.807, 2.05) is 44.2 Å². The van der Waals surface area contributed by atoms with Crippen molar-refractivity contribution < 1.29 is 19.1 Å². The van der Waals surface area contributed by atoms with Crippen LogP contribution >= 0.6 is 0 Å². The summed E-state index contributed by atoms with van der Waals surface area (Å²) >= 11 is 0. The van der Waals surface area contributed by atoms with E-state index in [1.54, 1.807) is 0 Å². The van der Waals surface area contributed by atoms with E-state index in [1.165, 1.54) is 7.11 Å². The molecule has 1 aromatic carbocycles. The average Bonchev–Trinajstić information content (AvgIpc) is 2.55. The van der Waals surface area contributed by atoms with Crippen LogP contribution < -0.4 is 10.6 Å². The van der Waals surface area contributed by atoms with Gasteiger partial charge in [0.05, 0.1) is 7.11 Å². The van der Waals surface area contributed by atoms with Crippen LogP contribution in [0.2, 0.25) is 0 Å². The van der Waals surface area contributed by atoms with Gasteiger partial charge in [0.15, 0.2) is 0 Å². The lowest BCUT2D eigenvalue weighted by Gasteiger charge is -2.18. The number of rotatable bonds is 9. The minimum atomic E-state index is -0.458. The first kappa shape index (κ1) is 19.0. The van der Waals surface area contributed by atoms with E-state index in [4.69, 9.17) is 9.47 Å². The number of amides is 1. The Balaban J connectivity index is 2.21. The van der Waals surface area contributed by atoms with Crippen molar-refractivity contribution in [2.24, 2.45) is 0 Å². The van der Waals surface area contributed by atoms with Gasteiger partial charge in [0.2, 0.25) is 0 Å². The van der Waals surface area contributed by atoms with Crippen LogP contribution in [0.4, 0.5) is 4.79 Å². The van der Waals surface area contributed by atoms with Crippen molar-refractivity contribution in [3.8, 4) is 0 Å². The van der Waals surface area contributed by atoms with Crippen molar-refractivity contribution in [2.45, 2.75) is 45.4 Å². The lowest BCUT2D eigenvalue weighted by atomic mass is 10.1. The molecule has 0 aliphatic heterocycles. The summed E-state index contributed by atoms with van der Waals surface area (Å²) in [6.07, 6.45) is 0.782. The first-order valence-electron chi connectivity index (χ1n) is 7.81. The molecule has 0 heterocycles. The Morgan fingerprint density at radius 1 is 1.17 bits per heavy atom. The highest BCUT2D eigenvalue weighted by molar-refractivity contribution is 5.75. The molecule has 1 atom stereocenters. The summed E-state index contributed by atoms with van der Waals surface area (Å²) in [6, 6.07) is 9.31. The van der Waals surface area contributed by atoms with E-state index in [-0.39, 0.29) is 24.7 Å². The minimum absolute atomic E-state index is 0.183. The number of benzene rings is 1. The summed E-state index contributed by atoms with van der Waals surface area (Å²) in [6.45, 7) is 4.62. The Hall–Kier alpha value is -2.08. The Kier molecular flexibility index (Phi) is 8.75.